The number of nitrogen functional groups attached to an aromatic ring is 1. The summed E-state index contributed by atoms with van der Waals surface area (Å²) in [5.74, 6) is 1.07. The van der Waals surface area contributed by atoms with Crippen molar-refractivity contribution < 1.29 is 0 Å². The quantitative estimate of drug-likeness (QED) is 0.651. The second-order valence-corrected chi connectivity index (χ2v) is 5.21. The molecule has 2 N–H and O–H groups in total. The Morgan fingerprint density at radius 2 is 1.76 bits per heavy atom. The van der Waals surface area contributed by atoms with Gasteiger partial charge in [-0.05, 0) is 30.5 Å². The molecular weight excluding hydrogens is 226 g/mol. The average molecular weight is 243 g/mol. The van der Waals surface area contributed by atoms with Crippen LogP contribution in [0, 0.1) is 6.92 Å². The highest BCUT2D eigenvalue weighted by molar-refractivity contribution is 7.99. The Morgan fingerprint density at radius 1 is 1.00 bits per heavy atom. The van der Waals surface area contributed by atoms with Crippen molar-refractivity contribution in [3.63, 3.8) is 0 Å². The van der Waals surface area contributed by atoms with Crippen LogP contribution in [-0.4, -0.2) is 5.75 Å². The summed E-state index contributed by atoms with van der Waals surface area (Å²) in [6, 6.07) is 16.8. The molecule has 0 saturated heterocycles. The van der Waals surface area contributed by atoms with Crippen LogP contribution in [-0.2, 0) is 6.42 Å². The van der Waals surface area contributed by atoms with Gasteiger partial charge in [-0.15, -0.1) is 11.8 Å². The lowest BCUT2D eigenvalue weighted by Gasteiger charge is -2.07. The van der Waals surface area contributed by atoms with Crippen LogP contribution in [0.15, 0.2) is 53.4 Å². The van der Waals surface area contributed by atoms with E-state index in [1.165, 1.54) is 10.5 Å². The van der Waals surface area contributed by atoms with Crippen molar-refractivity contribution in [2.75, 3.05) is 11.5 Å². The first-order valence-corrected chi connectivity index (χ1v) is 6.78. The predicted octanol–water partition coefficient (Wildman–Crippen LogP) is 3.91. The molecule has 0 amide bonds. The van der Waals surface area contributed by atoms with Crippen molar-refractivity contribution in [3.8, 4) is 0 Å². The van der Waals surface area contributed by atoms with E-state index in [9.17, 15) is 0 Å². The summed E-state index contributed by atoms with van der Waals surface area (Å²) in [4.78, 5) is 1.20. The van der Waals surface area contributed by atoms with Crippen LogP contribution in [0.3, 0.4) is 0 Å². The van der Waals surface area contributed by atoms with Crippen LogP contribution >= 0.6 is 11.8 Å². The fraction of sp³-hybridized carbons (Fsp3) is 0.200. The van der Waals surface area contributed by atoms with Crippen LogP contribution in [0.1, 0.15) is 11.1 Å². The normalized spacial score (nSPS) is 10.4. The summed E-state index contributed by atoms with van der Waals surface area (Å²) >= 11 is 1.83. The van der Waals surface area contributed by atoms with Gasteiger partial charge in [-0.25, -0.2) is 0 Å². The Morgan fingerprint density at radius 3 is 2.53 bits per heavy atom. The lowest BCUT2D eigenvalue weighted by Crippen LogP contribution is -1.94. The summed E-state index contributed by atoms with van der Waals surface area (Å²) in [6.07, 6.45) is 1.08. The number of thioether (sulfide) groups is 1. The Labute approximate surface area is 107 Å². The molecule has 2 aromatic rings. The molecule has 17 heavy (non-hydrogen) atoms. The van der Waals surface area contributed by atoms with Crippen molar-refractivity contribution >= 4 is 17.4 Å². The Hall–Kier alpha value is -1.41. The largest absolute Gasteiger partial charge is 0.398 e. The predicted molar refractivity (Wildman–Crippen MR) is 76.5 cm³/mol. The highest BCUT2D eigenvalue weighted by Crippen LogP contribution is 2.27. The molecule has 88 valence electrons. The zero-order valence-corrected chi connectivity index (χ0v) is 10.8. The molecular formula is C15H17NS. The van der Waals surface area contributed by atoms with Gasteiger partial charge in [0, 0.05) is 16.3 Å². The molecule has 2 heteroatoms. The molecule has 0 saturated carbocycles. The molecule has 2 aromatic carbocycles. The number of rotatable bonds is 4. The maximum Gasteiger partial charge on any atom is 0.0481 e. The first kappa shape index (κ1) is 12.1. The van der Waals surface area contributed by atoms with Gasteiger partial charge in [0.05, 0.1) is 0 Å². The van der Waals surface area contributed by atoms with Gasteiger partial charge in [-0.1, -0.05) is 42.5 Å². The van der Waals surface area contributed by atoms with E-state index in [1.807, 2.05) is 11.8 Å². The van der Waals surface area contributed by atoms with Gasteiger partial charge in [-0.2, -0.15) is 0 Å². The highest BCUT2D eigenvalue weighted by Gasteiger charge is 2.02. The van der Waals surface area contributed by atoms with E-state index in [4.69, 9.17) is 5.73 Å². The van der Waals surface area contributed by atoms with Crippen molar-refractivity contribution in [2.24, 2.45) is 0 Å². The summed E-state index contributed by atoms with van der Waals surface area (Å²) in [5.41, 5.74) is 9.51. The van der Waals surface area contributed by atoms with Gasteiger partial charge in [0.2, 0.25) is 0 Å². The van der Waals surface area contributed by atoms with E-state index in [2.05, 4.69) is 55.5 Å². The molecule has 2 rings (SSSR count). The Balaban J connectivity index is 1.93. The number of nitrogens with two attached hydrogens (primary N) is 1. The standard InChI is InChI=1S/C15H17NS/c1-12-6-5-9-14(15(12)16)17-11-10-13-7-3-2-4-8-13/h2-9H,10-11,16H2,1H3. The van der Waals surface area contributed by atoms with Crippen molar-refractivity contribution in [1.29, 1.82) is 0 Å². The van der Waals surface area contributed by atoms with Gasteiger partial charge in [-0.3, -0.25) is 0 Å². The molecule has 0 radical (unpaired) electrons. The third-order valence-corrected chi connectivity index (χ3v) is 3.85. The molecule has 0 spiro atoms. The molecule has 1 nitrogen and oxygen atoms in total. The van der Waals surface area contributed by atoms with Gasteiger partial charge in [0.1, 0.15) is 0 Å². The van der Waals surface area contributed by atoms with E-state index in [-0.39, 0.29) is 0 Å². The minimum absolute atomic E-state index is 0.922. The van der Waals surface area contributed by atoms with Crippen molar-refractivity contribution in [1.82, 2.24) is 0 Å². The van der Waals surface area contributed by atoms with Crippen LogP contribution < -0.4 is 5.73 Å². The molecule has 0 atom stereocenters. The number of aryl methyl sites for hydroxylation is 2. The average Bonchev–Trinajstić information content (AvgIpc) is 2.36. The Bertz CT molecular complexity index is 480. The fourth-order valence-corrected chi connectivity index (χ4v) is 2.75. The van der Waals surface area contributed by atoms with E-state index in [0.717, 1.165) is 23.4 Å². The molecule has 0 unspecified atom stereocenters. The van der Waals surface area contributed by atoms with Crippen molar-refractivity contribution in [2.45, 2.75) is 18.2 Å². The van der Waals surface area contributed by atoms with Crippen LogP contribution in [0.25, 0.3) is 0 Å². The lowest BCUT2D eigenvalue weighted by atomic mass is 10.2. The number of anilines is 1. The highest BCUT2D eigenvalue weighted by atomic mass is 32.2. The van der Waals surface area contributed by atoms with Gasteiger partial charge in [0.25, 0.3) is 0 Å². The first-order chi connectivity index (χ1) is 8.27. The summed E-state index contributed by atoms with van der Waals surface area (Å²) < 4.78 is 0. The molecule has 0 bridgehead atoms. The van der Waals surface area contributed by atoms with Crippen LogP contribution in [0.5, 0.6) is 0 Å². The minimum atomic E-state index is 0.922. The summed E-state index contributed by atoms with van der Waals surface area (Å²) in [5, 5.41) is 0. The van der Waals surface area contributed by atoms with E-state index in [0.29, 0.717) is 0 Å². The second kappa shape index (κ2) is 5.78. The SMILES string of the molecule is Cc1cccc(SCCc2ccccc2)c1N. The number of benzene rings is 2. The van der Waals surface area contributed by atoms with Gasteiger partial charge < -0.3 is 5.73 Å². The second-order valence-electron chi connectivity index (χ2n) is 4.07. The van der Waals surface area contributed by atoms with Crippen LogP contribution in [0.2, 0.25) is 0 Å². The maximum absolute atomic E-state index is 6.04. The number of para-hydroxylation sites is 1. The number of hydrogen-bond donors (Lipinski definition) is 1. The van der Waals surface area contributed by atoms with Gasteiger partial charge >= 0.3 is 0 Å². The van der Waals surface area contributed by atoms with Crippen LogP contribution in [0.4, 0.5) is 5.69 Å². The summed E-state index contributed by atoms with van der Waals surface area (Å²) in [7, 11) is 0. The minimum Gasteiger partial charge on any atom is -0.398 e. The van der Waals surface area contributed by atoms with E-state index >= 15 is 0 Å². The van der Waals surface area contributed by atoms with Gasteiger partial charge in [0.15, 0.2) is 0 Å². The molecule has 0 heterocycles. The molecule has 0 aromatic heterocycles. The third-order valence-electron chi connectivity index (χ3n) is 2.78. The smallest absolute Gasteiger partial charge is 0.0481 e. The molecule has 0 aliphatic heterocycles. The first-order valence-electron chi connectivity index (χ1n) is 5.79. The number of hydrogen-bond acceptors (Lipinski definition) is 2. The summed E-state index contributed by atoms with van der Waals surface area (Å²) in [6.45, 7) is 2.05. The maximum atomic E-state index is 6.04. The fourth-order valence-electron chi connectivity index (χ4n) is 1.70. The Kier molecular flexibility index (Phi) is 4.10. The zero-order valence-electron chi connectivity index (χ0n) is 10.0. The van der Waals surface area contributed by atoms with E-state index < -0.39 is 0 Å². The topological polar surface area (TPSA) is 26.0 Å². The monoisotopic (exact) mass is 243 g/mol. The lowest BCUT2D eigenvalue weighted by molar-refractivity contribution is 1.15. The van der Waals surface area contributed by atoms with E-state index in [1.54, 1.807) is 0 Å². The zero-order chi connectivity index (χ0) is 12.1. The third kappa shape index (κ3) is 3.27. The molecule has 0 aliphatic carbocycles. The molecule has 0 fully saturated rings. The van der Waals surface area contributed by atoms with Crippen molar-refractivity contribution in [3.05, 3.63) is 59.7 Å². The molecule has 0 aliphatic rings.